The highest BCUT2D eigenvalue weighted by atomic mass is 32.2. The fourth-order valence-corrected chi connectivity index (χ4v) is 3.35. The van der Waals surface area contributed by atoms with Gasteiger partial charge in [0.25, 0.3) is 5.56 Å². The average Bonchev–Trinajstić information content (AvgIpc) is 2.60. The van der Waals surface area contributed by atoms with Crippen LogP contribution in [0.2, 0.25) is 0 Å². The van der Waals surface area contributed by atoms with E-state index in [2.05, 4.69) is 11.9 Å². The molecule has 0 aliphatic rings. The van der Waals surface area contributed by atoms with Crippen molar-refractivity contribution in [1.82, 2.24) is 9.13 Å². The molecule has 0 atom stereocenters. The summed E-state index contributed by atoms with van der Waals surface area (Å²) < 4.78 is 2.04. The maximum absolute atomic E-state index is 12.6. The Morgan fingerprint density at radius 2 is 1.80 bits per heavy atom. The lowest BCUT2D eigenvalue weighted by molar-refractivity contribution is 0.410. The second-order valence-electron chi connectivity index (χ2n) is 5.86. The Balaban J connectivity index is 2.62. The summed E-state index contributed by atoms with van der Waals surface area (Å²) in [6.45, 7) is 4.07. The number of aromatic hydroxyl groups is 1. The van der Waals surface area contributed by atoms with Gasteiger partial charge in [-0.15, -0.1) is 11.8 Å². The molecule has 1 aromatic carbocycles. The summed E-state index contributed by atoms with van der Waals surface area (Å²) in [6.07, 6.45) is 1.98. The van der Waals surface area contributed by atoms with Gasteiger partial charge in [0, 0.05) is 14.1 Å². The monoisotopic (exact) mass is 361 g/mol. The van der Waals surface area contributed by atoms with Crippen molar-refractivity contribution in [3.63, 3.8) is 0 Å². The second kappa shape index (κ2) is 8.20. The van der Waals surface area contributed by atoms with Crippen molar-refractivity contribution in [2.45, 2.75) is 26.7 Å². The first-order valence-corrected chi connectivity index (χ1v) is 9.12. The predicted molar refractivity (Wildman–Crippen MR) is 103 cm³/mol. The number of hydrogen-bond acceptors (Lipinski definition) is 5. The van der Waals surface area contributed by atoms with E-state index in [0.29, 0.717) is 10.7 Å². The van der Waals surface area contributed by atoms with Crippen molar-refractivity contribution in [1.29, 1.82) is 0 Å². The normalized spacial score (nSPS) is 11.8. The van der Waals surface area contributed by atoms with Gasteiger partial charge in [-0.05, 0) is 31.2 Å². The molecule has 6 nitrogen and oxygen atoms in total. The second-order valence-corrected chi connectivity index (χ2v) is 6.94. The van der Waals surface area contributed by atoms with Crippen LogP contribution in [0.3, 0.4) is 0 Å². The number of benzene rings is 1. The summed E-state index contributed by atoms with van der Waals surface area (Å²) in [6, 6.07) is 7.59. The molecule has 2 rings (SSSR count). The molecule has 0 aliphatic carbocycles. The fourth-order valence-electron chi connectivity index (χ4n) is 2.23. The number of rotatable bonds is 5. The van der Waals surface area contributed by atoms with Crippen LogP contribution in [-0.4, -0.2) is 25.0 Å². The van der Waals surface area contributed by atoms with Crippen molar-refractivity contribution in [3.8, 4) is 5.88 Å². The average molecular weight is 361 g/mol. The molecule has 0 amide bonds. The minimum atomic E-state index is -0.570. The molecule has 7 heteroatoms. The van der Waals surface area contributed by atoms with E-state index < -0.39 is 11.2 Å². The van der Waals surface area contributed by atoms with Gasteiger partial charge in [-0.1, -0.05) is 31.0 Å². The third-order valence-electron chi connectivity index (χ3n) is 3.85. The van der Waals surface area contributed by atoms with Crippen LogP contribution < -0.4 is 11.2 Å². The zero-order valence-corrected chi connectivity index (χ0v) is 15.8. The van der Waals surface area contributed by atoms with Gasteiger partial charge < -0.3 is 5.11 Å². The highest BCUT2D eigenvalue weighted by Gasteiger charge is 2.20. The zero-order valence-electron chi connectivity index (χ0n) is 14.9. The summed E-state index contributed by atoms with van der Waals surface area (Å²) in [4.78, 5) is 29.1. The quantitative estimate of drug-likeness (QED) is 0.505. The van der Waals surface area contributed by atoms with E-state index >= 15 is 0 Å². The van der Waals surface area contributed by atoms with E-state index in [4.69, 9.17) is 0 Å². The summed E-state index contributed by atoms with van der Waals surface area (Å²) in [7, 11) is 2.83. The number of nitrogens with zero attached hydrogens (tertiary/aromatic N) is 3. The van der Waals surface area contributed by atoms with E-state index in [1.54, 1.807) is 0 Å². The lowest BCUT2D eigenvalue weighted by Crippen LogP contribution is -2.39. The number of aromatic nitrogens is 2. The molecular weight excluding hydrogens is 338 g/mol. The Hall–Kier alpha value is -2.28. The minimum Gasteiger partial charge on any atom is -0.494 e. The van der Waals surface area contributed by atoms with Crippen molar-refractivity contribution in [3.05, 3.63) is 56.2 Å². The van der Waals surface area contributed by atoms with Crippen molar-refractivity contribution in [2.75, 3.05) is 5.75 Å². The SMILES string of the molecule is CCCCSC(=Nc1ccc(C)cc1)c1c(O)n(C)c(=O)n(C)c1=O. The minimum absolute atomic E-state index is 0.0614. The largest absolute Gasteiger partial charge is 0.494 e. The predicted octanol–water partition coefficient (Wildman–Crippen LogP) is 2.71. The van der Waals surface area contributed by atoms with Gasteiger partial charge in [0.05, 0.1) is 5.69 Å². The molecule has 2 aromatic rings. The molecule has 0 unspecified atom stereocenters. The smallest absolute Gasteiger partial charge is 0.333 e. The van der Waals surface area contributed by atoms with Crippen molar-refractivity contribution < 1.29 is 5.11 Å². The molecular formula is C18H23N3O3S. The van der Waals surface area contributed by atoms with Gasteiger partial charge in [-0.2, -0.15) is 0 Å². The molecule has 0 saturated heterocycles. The number of unbranched alkanes of at least 4 members (excludes halogenated alkanes) is 1. The van der Waals surface area contributed by atoms with Crippen LogP contribution in [0.25, 0.3) is 0 Å². The van der Waals surface area contributed by atoms with Gasteiger partial charge in [0.15, 0.2) is 0 Å². The van der Waals surface area contributed by atoms with Gasteiger partial charge >= 0.3 is 5.69 Å². The molecule has 0 aliphatic heterocycles. The van der Waals surface area contributed by atoms with Gasteiger partial charge in [-0.3, -0.25) is 13.9 Å². The van der Waals surface area contributed by atoms with E-state index in [-0.39, 0.29) is 11.4 Å². The maximum atomic E-state index is 12.6. The molecule has 0 fully saturated rings. The van der Waals surface area contributed by atoms with Crippen LogP contribution in [0, 0.1) is 6.92 Å². The summed E-state index contributed by atoms with van der Waals surface area (Å²) in [5, 5.41) is 10.8. The molecule has 0 saturated carbocycles. The number of aliphatic imine (C=N–C) groups is 1. The van der Waals surface area contributed by atoms with E-state index in [1.165, 1.54) is 25.9 Å². The van der Waals surface area contributed by atoms with Crippen LogP contribution in [0.1, 0.15) is 30.9 Å². The van der Waals surface area contributed by atoms with Crippen LogP contribution in [0.5, 0.6) is 5.88 Å². The molecule has 0 radical (unpaired) electrons. The molecule has 1 heterocycles. The molecule has 134 valence electrons. The van der Waals surface area contributed by atoms with E-state index in [0.717, 1.165) is 33.3 Å². The highest BCUT2D eigenvalue weighted by Crippen LogP contribution is 2.23. The third-order valence-corrected chi connectivity index (χ3v) is 4.91. The summed E-state index contributed by atoms with van der Waals surface area (Å²) >= 11 is 1.41. The Kier molecular flexibility index (Phi) is 6.25. The molecule has 1 N–H and O–H groups in total. The summed E-state index contributed by atoms with van der Waals surface area (Å²) in [5.41, 5.74) is 0.751. The standard InChI is InChI=1S/C18H23N3O3S/c1-5-6-11-25-15(19-13-9-7-12(2)8-10-13)14-16(22)20(3)18(24)21(4)17(14)23/h7-10,22H,5-6,11H2,1-4H3. The molecule has 0 spiro atoms. The number of aryl methyl sites for hydroxylation is 1. The fraction of sp³-hybridized carbons (Fsp3) is 0.389. The molecule has 1 aromatic heterocycles. The van der Waals surface area contributed by atoms with Gasteiger partial charge in [0.1, 0.15) is 10.6 Å². The van der Waals surface area contributed by atoms with E-state index in [1.807, 2.05) is 31.2 Å². The third kappa shape index (κ3) is 4.22. The Morgan fingerprint density at radius 3 is 2.40 bits per heavy atom. The zero-order chi connectivity index (χ0) is 18.6. The van der Waals surface area contributed by atoms with E-state index in [9.17, 15) is 14.7 Å². The first-order chi connectivity index (χ1) is 11.9. The number of hydrogen-bond donors (Lipinski definition) is 1. The van der Waals surface area contributed by atoms with Crippen LogP contribution >= 0.6 is 11.8 Å². The summed E-state index contributed by atoms with van der Waals surface area (Å²) in [5.74, 6) is 0.412. The molecule has 0 bridgehead atoms. The Morgan fingerprint density at radius 1 is 1.16 bits per heavy atom. The van der Waals surface area contributed by atoms with Crippen molar-refractivity contribution >= 4 is 22.5 Å². The van der Waals surface area contributed by atoms with Crippen molar-refractivity contribution in [2.24, 2.45) is 19.1 Å². The Labute approximate surface area is 150 Å². The van der Waals surface area contributed by atoms with Crippen LogP contribution in [0.4, 0.5) is 5.69 Å². The highest BCUT2D eigenvalue weighted by molar-refractivity contribution is 8.14. The number of thioether (sulfide) groups is 1. The lowest BCUT2D eigenvalue weighted by atomic mass is 10.2. The van der Waals surface area contributed by atoms with Gasteiger partial charge in [0.2, 0.25) is 5.88 Å². The topological polar surface area (TPSA) is 76.6 Å². The van der Waals surface area contributed by atoms with Crippen LogP contribution in [-0.2, 0) is 14.1 Å². The lowest BCUT2D eigenvalue weighted by Gasteiger charge is -2.12. The Bertz CT molecular complexity index is 896. The van der Waals surface area contributed by atoms with Crippen LogP contribution in [0.15, 0.2) is 38.8 Å². The maximum Gasteiger partial charge on any atom is 0.333 e. The first-order valence-electron chi connectivity index (χ1n) is 8.14. The molecule has 25 heavy (non-hydrogen) atoms. The van der Waals surface area contributed by atoms with Gasteiger partial charge in [-0.25, -0.2) is 9.79 Å². The first kappa shape index (κ1) is 19.1.